The fourth-order valence-electron chi connectivity index (χ4n) is 3.08. The first-order valence-electron chi connectivity index (χ1n) is 7.68. The highest BCUT2D eigenvalue weighted by molar-refractivity contribution is 7.89. The van der Waals surface area contributed by atoms with Crippen LogP contribution in [0.3, 0.4) is 0 Å². The fraction of sp³-hybridized carbons (Fsp3) is 0.667. The van der Waals surface area contributed by atoms with E-state index >= 15 is 0 Å². The van der Waals surface area contributed by atoms with Crippen LogP contribution in [0.5, 0.6) is 0 Å². The first kappa shape index (κ1) is 17.0. The highest BCUT2D eigenvalue weighted by Crippen LogP contribution is 2.31. The molecule has 0 aromatic carbocycles. The monoisotopic (exact) mass is 328 g/mol. The quantitative estimate of drug-likeness (QED) is 0.861. The van der Waals surface area contributed by atoms with Crippen LogP contribution in [0.4, 0.5) is 0 Å². The molecule has 1 N–H and O–H groups in total. The van der Waals surface area contributed by atoms with Crippen LogP contribution in [0, 0.1) is 13.8 Å². The van der Waals surface area contributed by atoms with E-state index in [2.05, 4.69) is 4.98 Å². The number of esters is 1. The van der Waals surface area contributed by atoms with Crippen LogP contribution in [-0.4, -0.2) is 42.9 Å². The van der Waals surface area contributed by atoms with Gasteiger partial charge in [-0.25, -0.2) is 13.2 Å². The summed E-state index contributed by atoms with van der Waals surface area (Å²) < 4.78 is 32.7. The standard InChI is InChI=1S/C15H24N2O4S/c1-5-21-15(18)13-11(3)16-12(4)14(13)22(19,20)17-9-7-6-8-10(17)2/h10,16H,5-9H2,1-4H3. The van der Waals surface area contributed by atoms with E-state index in [1.165, 1.54) is 4.31 Å². The lowest BCUT2D eigenvalue weighted by molar-refractivity contribution is 0.0521. The molecule has 2 heterocycles. The predicted octanol–water partition coefficient (Wildman–Crippen LogP) is 2.37. The van der Waals surface area contributed by atoms with Gasteiger partial charge in [0.25, 0.3) is 0 Å². The lowest BCUT2D eigenvalue weighted by Gasteiger charge is -2.32. The van der Waals surface area contributed by atoms with Gasteiger partial charge in [-0.05, 0) is 40.5 Å². The van der Waals surface area contributed by atoms with Crippen LogP contribution < -0.4 is 0 Å². The molecular weight excluding hydrogens is 304 g/mol. The molecule has 1 unspecified atom stereocenters. The second-order valence-corrected chi connectivity index (χ2v) is 7.59. The van der Waals surface area contributed by atoms with Crippen molar-refractivity contribution in [1.82, 2.24) is 9.29 Å². The van der Waals surface area contributed by atoms with Crippen molar-refractivity contribution in [1.29, 1.82) is 0 Å². The van der Waals surface area contributed by atoms with E-state index in [4.69, 9.17) is 4.74 Å². The Hall–Kier alpha value is -1.34. The smallest absolute Gasteiger partial charge is 0.341 e. The summed E-state index contributed by atoms with van der Waals surface area (Å²) in [4.78, 5) is 15.2. The van der Waals surface area contributed by atoms with Gasteiger partial charge in [0.15, 0.2) is 0 Å². The summed E-state index contributed by atoms with van der Waals surface area (Å²) in [5.41, 5.74) is 1.15. The van der Waals surface area contributed by atoms with Gasteiger partial charge in [0.1, 0.15) is 10.5 Å². The minimum atomic E-state index is -3.71. The number of piperidine rings is 1. The van der Waals surface area contributed by atoms with Crippen molar-refractivity contribution in [3.8, 4) is 0 Å². The molecule has 22 heavy (non-hydrogen) atoms. The van der Waals surface area contributed by atoms with Crippen molar-refractivity contribution in [3.05, 3.63) is 17.0 Å². The number of hydrogen-bond acceptors (Lipinski definition) is 4. The number of sulfonamides is 1. The van der Waals surface area contributed by atoms with E-state index < -0.39 is 16.0 Å². The van der Waals surface area contributed by atoms with Gasteiger partial charge < -0.3 is 9.72 Å². The predicted molar refractivity (Wildman–Crippen MR) is 83.4 cm³/mol. The second-order valence-electron chi connectivity index (χ2n) is 5.76. The number of carbonyl (C=O) groups is 1. The molecule has 0 spiro atoms. The summed E-state index contributed by atoms with van der Waals surface area (Å²) in [5.74, 6) is -0.590. The summed E-state index contributed by atoms with van der Waals surface area (Å²) in [6, 6.07) is -0.0524. The van der Waals surface area contributed by atoms with E-state index in [0.717, 1.165) is 19.3 Å². The first-order valence-corrected chi connectivity index (χ1v) is 9.12. The molecule has 2 rings (SSSR count). The lowest BCUT2D eigenvalue weighted by Crippen LogP contribution is -2.42. The van der Waals surface area contributed by atoms with E-state index in [-0.39, 0.29) is 23.1 Å². The van der Waals surface area contributed by atoms with Crippen molar-refractivity contribution in [2.24, 2.45) is 0 Å². The van der Waals surface area contributed by atoms with Crippen LogP contribution in [0.1, 0.15) is 54.9 Å². The van der Waals surface area contributed by atoms with Crippen LogP contribution in [0.25, 0.3) is 0 Å². The topological polar surface area (TPSA) is 79.5 Å². The van der Waals surface area contributed by atoms with Crippen molar-refractivity contribution in [2.45, 2.75) is 57.9 Å². The Labute approximate surface area is 131 Å². The number of nitrogens with one attached hydrogen (secondary N) is 1. The molecule has 1 aromatic heterocycles. The van der Waals surface area contributed by atoms with Gasteiger partial charge in [0, 0.05) is 24.0 Å². The minimum Gasteiger partial charge on any atom is -0.462 e. The zero-order chi connectivity index (χ0) is 16.5. The third kappa shape index (κ3) is 2.92. The Morgan fingerprint density at radius 1 is 1.32 bits per heavy atom. The Morgan fingerprint density at radius 3 is 2.59 bits per heavy atom. The molecule has 0 bridgehead atoms. The highest BCUT2D eigenvalue weighted by atomic mass is 32.2. The third-order valence-electron chi connectivity index (χ3n) is 4.11. The van der Waals surface area contributed by atoms with E-state index in [9.17, 15) is 13.2 Å². The number of H-pyrrole nitrogens is 1. The Kier molecular flexibility index (Phi) is 4.97. The molecule has 1 saturated heterocycles. The molecule has 1 fully saturated rings. The second kappa shape index (κ2) is 6.42. The van der Waals surface area contributed by atoms with Gasteiger partial charge >= 0.3 is 5.97 Å². The van der Waals surface area contributed by atoms with Crippen molar-refractivity contribution >= 4 is 16.0 Å². The Bertz CT molecular complexity index is 663. The maximum Gasteiger partial charge on any atom is 0.341 e. The van der Waals surface area contributed by atoms with Crippen molar-refractivity contribution in [3.63, 3.8) is 0 Å². The van der Waals surface area contributed by atoms with E-state index in [1.807, 2.05) is 6.92 Å². The Balaban J connectivity index is 2.53. The summed E-state index contributed by atoms with van der Waals surface area (Å²) in [6.07, 6.45) is 2.72. The normalized spacial score (nSPS) is 20.1. The van der Waals surface area contributed by atoms with Crippen LogP contribution in [-0.2, 0) is 14.8 Å². The fourth-order valence-corrected chi connectivity index (χ4v) is 5.19. The first-order chi connectivity index (χ1) is 10.3. The van der Waals surface area contributed by atoms with Crippen molar-refractivity contribution in [2.75, 3.05) is 13.2 Å². The third-order valence-corrected chi connectivity index (χ3v) is 6.29. The maximum atomic E-state index is 13.1. The molecule has 1 atom stereocenters. The number of rotatable bonds is 4. The zero-order valence-electron chi connectivity index (χ0n) is 13.6. The number of nitrogens with zero attached hydrogens (tertiary/aromatic N) is 1. The summed E-state index contributed by atoms with van der Waals surface area (Å²) in [7, 11) is -3.71. The number of aromatic amines is 1. The van der Waals surface area contributed by atoms with Gasteiger partial charge in [-0.2, -0.15) is 4.31 Å². The number of aromatic nitrogens is 1. The number of carbonyl (C=O) groups excluding carboxylic acids is 1. The summed E-state index contributed by atoms with van der Waals surface area (Å²) in [5, 5.41) is 0. The van der Waals surface area contributed by atoms with Crippen molar-refractivity contribution < 1.29 is 17.9 Å². The average Bonchev–Trinajstić information content (AvgIpc) is 2.74. The largest absolute Gasteiger partial charge is 0.462 e. The van der Waals surface area contributed by atoms with Gasteiger partial charge in [-0.1, -0.05) is 6.42 Å². The van der Waals surface area contributed by atoms with Gasteiger partial charge in [-0.15, -0.1) is 0 Å². The van der Waals surface area contributed by atoms with Gasteiger partial charge in [0.2, 0.25) is 10.0 Å². The molecule has 1 aromatic rings. The summed E-state index contributed by atoms with van der Waals surface area (Å²) in [6.45, 7) is 7.69. The lowest BCUT2D eigenvalue weighted by atomic mass is 10.1. The molecule has 6 nitrogen and oxygen atoms in total. The molecule has 0 amide bonds. The maximum absolute atomic E-state index is 13.1. The number of ether oxygens (including phenoxy) is 1. The van der Waals surface area contributed by atoms with Crippen LogP contribution in [0.2, 0.25) is 0 Å². The molecule has 0 aliphatic carbocycles. The minimum absolute atomic E-state index is 0.0524. The molecule has 7 heteroatoms. The van der Waals surface area contributed by atoms with E-state index in [1.54, 1.807) is 20.8 Å². The molecule has 1 aliphatic rings. The number of aryl methyl sites for hydroxylation is 2. The molecule has 0 radical (unpaired) electrons. The SMILES string of the molecule is CCOC(=O)c1c(C)[nH]c(C)c1S(=O)(=O)N1CCCCC1C. The van der Waals surface area contributed by atoms with E-state index in [0.29, 0.717) is 17.9 Å². The average molecular weight is 328 g/mol. The molecule has 1 aliphatic heterocycles. The molecular formula is C15H24N2O4S. The summed E-state index contributed by atoms with van der Waals surface area (Å²) >= 11 is 0. The Morgan fingerprint density at radius 2 is 2.00 bits per heavy atom. The number of hydrogen-bond donors (Lipinski definition) is 1. The zero-order valence-corrected chi connectivity index (χ0v) is 14.4. The molecule has 0 saturated carbocycles. The van der Waals surface area contributed by atoms with Gasteiger partial charge in [0.05, 0.1) is 6.61 Å². The highest BCUT2D eigenvalue weighted by Gasteiger charge is 2.37. The van der Waals surface area contributed by atoms with Crippen LogP contribution >= 0.6 is 0 Å². The van der Waals surface area contributed by atoms with Crippen LogP contribution in [0.15, 0.2) is 4.90 Å². The molecule has 124 valence electrons. The van der Waals surface area contributed by atoms with Gasteiger partial charge in [-0.3, -0.25) is 0 Å².